The summed E-state index contributed by atoms with van der Waals surface area (Å²) in [7, 11) is 0. The SMILES string of the molecule is O=C([N]C1CC1)N1CCCCCC1. The van der Waals surface area contributed by atoms with Crippen molar-refractivity contribution in [2.24, 2.45) is 0 Å². The van der Waals surface area contributed by atoms with E-state index in [1.807, 2.05) is 4.90 Å². The summed E-state index contributed by atoms with van der Waals surface area (Å²) in [6.45, 7) is 1.85. The number of carbonyl (C=O) groups is 1. The predicted octanol–water partition coefficient (Wildman–Crippen LogP) is 1.75. The lowest BCUT2D eigenvalue weighted by Gasteiger charge is -2.18. The van der Waals surface area contributed by atoms with E-state index in [1.54, 1.807) is 0 Å². The third kappa shape index (κ3) is 2.61. The molecule has 73 valence electrons. The lowest BCUT2D eigenvalue weighted by atomic mass is 10.2. The smallest absolute Gasteiger partial charge is 0.323 e. The molecule has 1 saturated carbocycles. The van der Waals surface area contributed by atoms with Crippen LogP contribution in [0.25, 0.3) is 0 Å². The Balaban J connectivity index is 1.78. The van der Waals surface area contributed by atoms with Crippen LogP contribution in [0.5, 0.6) is 0 Å². The molecule has 0 aromatic carbocycles. The first kappa shape index (κ1) is 8.85. The molecule has 0 unspecified atom stereocenters. The number of hydrogen-bond acceptors (Lipinski definition) is 1. The summed E-state index contributed by atoms with van der Waals surface area (Å²) >= 11 is 0. The van der Waals surface area contributed by atoms with Crippen LogP contribution in [-0.2, 0) is 0 Å². The predicted molar refractivity (Wildman–Crippen MR) is 50.6 cm³/mol. The second-order valence-electron chi connectivity index (χ2n) is 4.04. The summed E-state index contributed by atoms with van der Waals surface area (Å²) in [5, 5.41) is 4.14. The van der Waals surface area contributed by atoms with E-state index < -0.39 is 0 Å². The van der Waals surface area contributed by atoms with Gasteiger partial charge in [0.15, 0.2) is 0 Å². The first-order valence-electron chi connectivity index (χ1n) is 5.36. The molecule has 0 aromatic heterocycles. The molecule has 2 amide bonds. The molecule has 2 rings (SSSR count). The highest BCUT2D eigenvalue weighted by molar-refractivity contribution is 5.74. The zero-order valence-corrected chi connectivity index (χ0v) is 8.04. The van der Waals surface area contributed by atoms with Crippen molar-refractivity contribution in [1.29, 1.82) is 0 Å². The van der Waals surface area contributed by atoms with Crippen molar-refractivity contribution in [1.82, 2.24) is 10.2 Å². The first-order valence-corrected chi connectivity index (χ1v) is 5.36. The fraction of sp³-hybridized carbons (Fsp3) is 0.900. The summed E-state index contributed by atoms with van der Waals surface area (Å²) in [6, 6.07) is 0.417. The van der Waals surface area contributed by atoms with Gasteiger partial charge in [0.05, 0.1) is 6.04 Å². The van der Waals surface area contributed by atoms with Gasteiger partial charge in [0.25, 0.3) is 0 Å². The van der Waals surface area contributed by atoms with Crippen LogP contribution in [0.3, 0.4) is 0 Å². The third-order valence-electron chi connectivity index (χ3n) is 2.72. The van der Waals surface area contributed by atoms with Crippen molar-refractivity contribution >= 4 is 6.03 Å². The highest BCUT2D eigenvalue weighted by atomic mass is 16.2. The molecule has 1 aliphatic carbocycles. The molecule has 1 radical (unpaired) electrons. The maximum atomic E-state index is 11.6. The van der Waals surface area contributed by atoms with Gasteiger partial charge in [0, 0.05) is 13.1 Å². The molecule has 0 atom stereocenters. The van der Waals surface area contributed by atoms with Crippen LogP contribution in [0.2, 0.25) is 0 Å². The van der Waals surface area contributed by atoms with Crippen molar-refractivity contribution in [2.45, 2.75) is 44.6 Å². The maximum absolute atomic E-state index is 11.6. The Kier molecular flexibility index (Phi) is 2.71. The monoisotopic (exact) mass is 181 g/mol. The molecule has 0 bridgehead atoms. The normalized spacial score (nSPS) is 23.8. The molecule has 2 aliphatic rings. The number of nitrogens with zero attached hydrogens (tertiary/aromatic N) is 2. The van der Waals surface area contributed by atoms with E-state index in [9.17, 15) is 4.79 Å². The van der Waals surface area contributed by atoms with Crippen LogP contribution < -0.4 is 5.32 Å². The number of urea groups is 1. The van der Waals surface area contributed by atoms with E-state index in [-0.39, 0.29) is 6.03 Å². The minimum atomic E-state index is 0.0457. The maximum Gasteiger partial charge on any atom is 0.339 e. The summed E-state index contributed by atoms with van der Waals surface area (Å²) in [6.07, 6.45) is 7.11. The number of rotatable bonds is 1. The van der Waals surface area contributed by atoms with Gasteiger partial charge in [-0.05, 0) is 25.7 Å². The van der Waals surface area contributed by atoms with Crippen LogP contribution >= 0.6 is 0 Å². The summed E-state index contributed by atoms with van der Waals surface area (Å²) in [4.78, 5) is 13.5. The lowest BCUT2D eigenvalue weighted by molar-refractivity contribution is 0.198. The molecule has 1 saturated heterocycles. The van der Waals surface area contributed by atoms with Crippen LogP contribution in [0.15, 0.2) is 0 Å². The van der Waals surface area contributed by atoms with E-state index in [0.717, 1.165) is 38.8 Å². The Morgan fingerprint density at radius 1 is 1.08 bits per heavy atom. The molecule has 2 fully saturated rings. The van der Waals surface area contributed by atoms with Crippen LogP contribution in [0.4, 0.5) is 4.79 Å². The first-order chi connectivity index (χ1) is 6.36. The molecule has 13 heavy (non-hydrogen) atoms. The Morgan fingerprint density at radius 3 is 2.23 bits per heavy atom. The molecule has 1 aliphatic heterocycles. The Hall–Kier alpha value is -0.730. The van der Waals surface area contributed by atoms with Crippen LogP contribution in [0.1, 0.15) is 38.5 Å². The Bertz CT molecular complexity index is 181. The second-order valence-corrected chi connectivity index (χ2v) is 4.04. The molecule has 0 aromatic rings. The van der Waals surface area contributed by atoms with Crippen molar-refractivity contribution in [3.63, 3.8) is 0 Å². The molecule has 0 spiro atoms. The average Bonchev–Trinajstić information content (AvgIpc) is 2.87. The highest BCUT2D eigenvalue weighted by Crippen LogP contribution is 2.21. The van der Waals surface area contributed by atoms with Gasteiger partial charge in [0.1, 0.15) is 0 Å². The van der Waals surface area contributed by atoms with Gasteiger partial charge in [-0.3, -0.25) is 0 Å². The molecule has 3 nitrogen and oxygen atoms in total. The zero-order chi connectivity index (χ0) is 9.10. The van der Waals surface area contributed by atoms with E-state index in [2.05, 4.69) is 5.32 Å². The van der Waals surface area contributed by atoms with E-state index in [0.29, 0.717) is 6.04 Å². The van der Waals surface area contributed by atoms with E-state index >= 15 is 0 Å². The molecular formula is C10H17N2O. The summed E-state index contributed by atoms with van der Waals surface area (Å²) in [5.41, 5.74) is 0. The lowest BCUT2D eigenvalue weighted by Crippen LogP contribution is -2.37. The van der Waals surface area contributed by atoms with Gasteiger partial charge in [-0.1, -0.05) is 12.8 Å². The van der Waals surface area contributed by atoms with Gasteiger partial charge in [-0.25, -0.2) is 10.1 Å². The zero-order valence-electron chi connectivity index (χ0n) is 8.04. The standard InChI is InChI=1S/C10H17N2O/c13-10(11-9-5-6-9)12-7-3-1-2-4-8-12/h9H,1-8H2. The van der Waals surface area contributed by atoms with Crippen LogP contribution in [-0.4, -0.2) is 30.1 Å². The van der Waals surface area contributed by atoms with Gasteiger partial charge in [-0.2, -0.15) is 0 Å². The number of likely N-dealkylation sites (tertiary alicyclic amines) is 1. The molecule has 1 heterocycles. The van der Waals surface area contributed by atoms with E-state index in [1.165, 1.54) is 12.8 Å². The quantitative estimate of drug-likeness (QED) is 0.607. The van der Waals surface area contributed by atoms with Crippen LogP contribution in [0, 0.1) is 0 Å². The fourth-order valence-electron chi connectivity index (χ4n) is 1.70. The molecule has 0 N–H and O–H groups in total. The topological polar surface area (TPSA) is 34.4 Å². The van der Waals surface area contributed by atoms with Gasteiger partial charge in [-0.15, -0.1) is 0 Å². The van der Waals surface area contributed by atoms with Crippen molar-refractivity contribution in [2.75, 3.05) is 13.1 Å². The summed E-state index contributed by atoms with van der Waals surface area (Å²) < 4.78 is 0. The fourth-order valence-corrected chi connectivity index (χ4v) is 1.70. The highest BCUT2D eigenvalue weighted by Gasteiger charge is 2.28. The average molecular weight is 181 g/mol. The Labute approximate surface area is 79.5 Å². The van der Waals surface area contributed by atoms with E-state index in [4.69, 9.17) is 0 Å². The second kappa shape index (κ2) is 3.99. The number of amides is 2. The summed E-state index contributed by atoms with van der Waals surface area (Å²) in [5.74, 6) is 0. The minimum Gasteiger partial charge on any atom is -0.323 e. The minimum absolute atomic E-state index is 0.0457. The van der Waals surface area contributed by atoms with Gasteiger partial charge < -0.3 is 4.90 Å². The van der Waals surface area contributed by atoms with Gasteiger partial charge >= 0.3 is 6.03 Å². The molecular weight excluding hydrogens is 164 g/mol. The molecule has 3 heteroatoms. The van der Waals surface area contributed by atoms with Crippen molar-refractivity contribution in [3.8, 4) is 0 Å². The number of hydrogen-bond donors (Lipinski definition) is 0. The van der Waals surface area contributed by atoms with Gasteiger partial charge in [0.2, 0.25) is 0 Å². The third-order valence-corrected chi connectivity index (χ3v) is 2.72. The Morgan fingerprint density at radius 2 is 1.69 bits per heavy atom. The van der Waals surface area contributed by atoms with Crippen molar-refractivity contribution in [3.05, 3.63) is 0 Å². The largest absolute Gasteiger partial charge is 0.339 e. The van der Waals surface area contributed by atoms with Crippen molar-refractivity contribution < 1.29 is 4.79 Å². The number of carbonyl (C=O) groups excluding carboxylic acids is 1.